The first-order chi connectivity index (χ1) is 14.6. The number of carbonyl (C=O) groups is 2. The first kappa shape index (κ1) is 22.8. The molecule has 0 bridgehead atoms. The minimum atomic E-state index is -3.79. The lowest BCUT2D eigenvalue weighted by molar-refractivity contribution is -0.122. The topological polar surface area (TPSA) is 113 Å². The number of hydrogen-bond donors (Lipinski definition) is 2. The van der Waals surface area contributed by atoms with Gasteiger partial charge in [-0.15, -0.1) is 0 Å². The predicted octanol–water partition coefficient (Wildman–Crippen LogP) is 1.15. The summed E-state index contributed by atoms with van der Waals surface area (Å²) in [6.07, 6.45) is 0.281. The highest BCUT2D eigenvalue weighted by Gasteiger charge is 2.44. The maximum atomic E-state index is 14.2. The second kappa shape index (κ2) is 9.08. The van der Waals surface area contributed by atoms with Crippen LogP contribution in [0.2, 0.25) is 0 Å². The van der Waals surface area contributed by atoms with Crippen molar-refractivity contribution in [3.63, 3.8) is 0 Å². The predicted molar refractivity (Wildman–Crippen MR) is 117 cm³/mol. The Bertz CT molecular complexity index is 1120. The molecule has 2 aromatic carbocycles. The van der Waals surface area contributed by atoms with Crippen molar-refractivity contribution in [1.82, 2.24) is 10.2 Å². The van der Waals surface area contributed by atoms with Gasteiger partial charge in [0, 0.05) is 13.6 Å². The Balaban J connectivity index is 1.80. The van der Waals surface area contributed by atoms with Crippen molar-refractivity contribution >= 4 is 44.9 Å². The summed E-state index contributed by atoms with van der Waals surface area (Å²) < 4.78 is 37.0. The molecule has 31 heavy (non-hydrogen) atoms. The number of thiocarbonyl (C=S) groups is 1. The molecule has 11 heteroatoms. The second-order valence-corrected chi connectivity index (χ2v) is 8.87. The largest absolute Gasteiger partial charge is 0.366 e. The van der Waals surface area contributed by atoms with Crippen molar-refractivity contribution in [2.45, 2.75) is 23.8 Å². The summed E-state index contributed by atoms with van der Waals surface area (Å²) in [5.41, 5.74) is 0.702. The number of benzene rings is 2. The second-order valence-electron chi connectivity index (χ2n) is 6.93. The van der Waals surface area contributed by atoms with Crippen molar-refractivity contribution in [2.75, 3.05) is 18.5 Å². The van der Waals surface area contributed by atoms with Crippen LogP contribution in [0.4, 0.5) is 10.1 Å². The van der Waals surface area contributed by atoms with Gasteiger partial charge in [0.05, 0.1) is 17.0 Å². The Kier molecular flexibility index (Phi) is 6.68. The van der Waals surface area contributed by atoms with E-state index in [1.807, 2.05) is 0 Å². The van der Waals surface area contributed by atoms with Gasteiger partial charge < -0.3 is 10.2 Å². The van der Waals surface area contributed by atoms with E-state index in [1.54, 1.807) is 30.1 Å². The lowest BCUT2D eigenvalue weighted by atomic mass is 10.1. The fraction of sp³-hybridized carbons (Fsp3) is 0.250. The number of nitrogens with zero attached hydrogens (tertiary/aromatic N) is 2. The molecule has 1 saturated heterocycles. The molecule has 2 aromatic rings. The van der Waals surface area contributed by atoms with E-state index in [0.717, 1.165) is 10.5 Å². The van der Waals surface area contributed by atoms with Crippen molar-refractivity contribution in [3.05, 3.63) is 59.9 Å². The third-order valence-corrected chi connectivity index (χ3v) is 6.33. The lowest BCUT2D eigenvalue weighted by Gasteiger charge is -2.29. The van der Waals surface area contributed by atoms with E-state index in [0.29, 0.717) is 6.42 Å². The molecule has 1 atom stereocenters. The number of hydrogen-bond acceptors (Lipinski definition) is 5. The molecular weight excluding hydrogens is 443 g/mol. The van der Waals surface area contributed by atoms with Crippen LogP contribution in [0.3, 0.4) is 0 Å². The maximum absolute atomic E-state index is 14.2. The first-order valence-corrected chi connectivity index (χ1v) is 11.3. The van der Waals surface area contributed by atoms with Gasteiger partial charge in [0.15, 0.2) is 5.11 Å². The number of amides is 2. The summed E-state index contributed by atoms with van der Waals surface area (Å²) >= 11 is 5.33. The number of halogens is 1. The Morgan fingerprint density at radius 3 is 2.45 bits per heavy atom. The minimum Gasteiger partial charge on any atom is -0.366 e. The van der Waals surface area contributed by atoms with Crippen LogP contribution in [0.5, 0.6) is 0 Å². The number of nitrogens with one attached hydrogen (secondary N) is 1. The minimum absolute atomic E-state index is 0.00375. The van der Waals surface area contributed by atoms with Crippen LogP contribution in [-0.4, -0.2) is 49.9 Å². The molecule has 3 rings (SSSR count). The van der Waals surface area contributed by atoms with Gasteiger partial charge in [-0.2, -0.15) is 0 Å². The number of carbonyl (C=O) groups excluding carboxylic acids is 2. The molecule has 0 radical (unpaired) electrons. The fourth-order valence-corrected chi connectivity index (χ4v) is 4.12. The molecule has 1 heterocycles. The van der Waals surface area contributed by atoms with Gasteiger partial charge >= 0.3 is 0 Å². The summed E-state index contributed by atoms with van der Waals surface area (Å²) in [6, 6.07) is 10.7. The number of imide groups is 1. The molecule has 0 spiro atoms. The molecule has 8 nitrogen and oxygen atoms in total. The van der Waals surface area contributed by atoms with Gasteiger partial charge in [0.2, 0.25) is 15.9 Å². The zero-order chi connectivity index (χ0) is 22.8. The van der Waals surface area contributed by atoms with E-state index in [-0.39, 0.29) is 28.7 Å². The monoisotopic (exact) mass is 464 g/mol. The first-order valence-electron chi connectivity index (χ1n) is 9.35. The molecule has 2 amide bonds. The van der Waals surface area contributed by atoms with Crippen molar-refractivity contribution < 1.29 is 22.4 Å². The number of para-hydroxylation sites is 1. The van der Waals surface area contributed by atoms with Crippen LogP contribution in [0.15, 0.2) is 53.4 Å². The van der Waals surface area contributed by atoms with Gasteiger partial charge in [-0.1, -0.05) is 24.3 Å². The molecule has 1 aliphatic rings. The third-order valence-electron chi connectivity index (χ3n) is 4.96. The van der Waals surface area contributed by atoms with Crippen LogP contribution >= 0.6 is 12.2 Å². The van der Waals surface area contributed by atoms with Gasteiger partial charge in [0.1, 0.15) is 11.9 Å². The molecule has 0 saturated carbocycles. The number of sulfonamides is 1. The summed E-state index contributed by atoms with van der Waals surface area (Å²) in [7, 11) is -2.19. The van der Waals surface area contributed by atoms with Crippen LogP contribution in [-0.2, 0) is 26.0 Å². The van der Waals surface area contributed by atoms with E-state index >= 15 is 0 Å². The summed E-state index contributed by atoms with van der Waals surface area (Å²) in [5, 5.41) is 8.19. The lowest BCUT2D eigenvalue weighted by Crippen LogP contribution is -2.49. The number of nitrogens with two attached hydrogens (primary N) is 1. The highest BCUT2D eigenvalue weighted by atomic mass is 32.2. The molecular formula is C20H21FN4O4S2. The zero-order valence-corrected chi connectivity index (χ0v) is 18.2. The molecule has 1 fully saturated rings. The Labute approximate surface area is 184 Å². The van der Waals surface area contributed by atoms with Gasteiger partial charge in [-0.25, -0.2) is 22.8 Å². The highest BCUT2D eigenvalue weighted by Crippen LogP contribution is 2.28. The highest BCUT2D eigenvalue weighted by molar-refractivity contribution is 7.89. The fourth-order valence-electron chi connectivity index (χ4n) is 3.38. The van der Waals surface area contributed by atoms with E-state index in [4.69, 9.17) is 17.4 Å². The molecule has 1 aliphatic heterocycles. The van der Waals surface area contributed by atoms with Crippen molar-refractivity contribution in [3.8, 4) is 0 Å². The van der Waals surface area contributed by atoms with Crippen LogP contribution in [0.25, 0.3) is 0 Å². The van der Waals surface area contributed by atoms with Crippen molar-refractivity contribution in [1.29, 1.82) is 0 Å². The van der Waals surface area contributed by atoms with E-state index in [1.165, 1.54) is 30.3 Å². The molecule has 0 aliphatic carbocycles. The number of primary sulfonamides is 1. The van der Waals surface area contributed by atoms with E-state index in [9.17, 15) is 22.4 Å². The average molecular weight is 465 g/mol. The summed E-state index contributed by atoms with van der Waals surface area (Å²) in [4.78, 5) is 28.0. The Hall–Kier alpha value is -2.89. The summed E-state index contributed by atoms with van der Waals surface area (Å²) in [5.74, 6) is -1.73. The Morgan fingerprint density at radius 2 is 1.87 bits per heavy atom. The van der Waals surface area contributed by atoms with E-state index in [2.05, 4.69) is 5.32 Å². The van der Waals surface area contributed by atoms with Gasteiger partial charge in [-0.3, -0.25) is 9.59 Å². The zero-order valence-electron chi connectivity index (χ0n) is 16.6. The molecule has 1 unspecified atom stereocenters. The van der Waals surface area contributed by atoms with Crippen LogP contribution in [0, 0.1) is 5.82 Å². The van der Waals surface area contributed by atoms with Gasteiger partial charge in [-0.05, 0) is 48.5 Å². The summed E-state index contributed by atoms with van der Waals surface area (Å²) in [6.45, 7) is 0.281. The van der Waals surface area contributed by atoms with Crippen molar-refractivity contribution in [2.24, 2.45) is 5.14 Å². The molecule has 164 valence electrons. The third kappa shape index (κ3) is 4.89. The maximum Gasteiger partial charge on any atom is 0.257 e. The van der Waals surface area contributed by atoms with E-state index < -0.39 is 33.7 Å². The smallest absolute Gasteiger partial charge is 0.257 e. The molecule has 0 aromatic heterocycles. The SMILES string of the molecule is CNC(=S)N(CCc1ccc(S(N)(=O)=O)cc1)C1CC(=O)N(c2ccccc2F)C1=O. The standard InChI is InChI=1S/C20H21FN4O4S2/c1-23-20(30)24(11-10-13-6-8-14(9-7-13)31(22,28)29)17-12-18(26)25(19(17)27)16-5-3-2-4-15(16)21/h2-9,17H,10-12H2,1H3,(H,23,30)(H2,22,28,29). The Morgan fingerprint density at radius 1 is 1.23 bits per heavy atom. The van der Waals surface area contributed by atoms with Gasteiger partial charge in [0.25, 0.3) is 5.91 Å². The normalized spacial score (nSPS) is 16.5. The number of rotatable bonds is 6. The van der Waals surface area contributed by atoms with Crippen LogP contribution in [0.1, 0.15) is 12.0 Å². The van der Waals surface area contributed by atoms with Crippen LogP contribution < -0.4 is 15.4 Å². The average Bonchev–Trinajstić information content (AvgIpc) is 3.02. The molecule has 3 N–H and O–H groups in total. The number of anilines is 1. The quantitative estimate of drug-likeness (QED) is 0.487.